The summed E-state index contributed by atoms with van der Waals surface area (Å²) in [4.78, 5) is 17.4. The molecule has 124 valence electrons. The molecule has 0 aromatic rings. The van der Waals surface area contributed by atoms with Gasteiger partial charge in [0.15, 0.2) is 0 Å². The number of ether oxygens (including phenoxy) is 1. The minimum absolute atomic E-state index is 0.155. The van der Waals surface area contributed by atoms with Gasteiger partial charge in [0.2, 0.25) is 5.91 Å². The number of likely N-dealkylation sites (tertiary alicyclic amines) is 2. The van der Waals surface area contributed by atoms with Gasteiger partial charge in [-0.15, -0.1) is 6.58 Å². The van der Waals surface area contributed by atoms with Crippen molar-refractivity contribution in [1.82, 2.24) is 9.80 Å². The van der Waals surface area contributed by atoms with Gasteiger partial charge in [0.05, 0.1) is 12.0 Å². The Labute approximate surface area is 134 Å². The Balaban J connectivity index is 1.65. The van der Waals surface area contributed by atoms with E-state index in [4.69, 9.17) is 4.74 Å². The molecule has 1 saturated carbocycles. The van der Waals surface area contributed by atoms with E-state index >= 15 is 0 Å². The average molecular weight is 306 g/mol. The number of carbonyl (C=O) groups excluding carboxylic acids is 1. The third-order valence-electron chi connectivity index (χ3n) is 6.17. The summed E-state index contributed by atoms with van der Waals surface area (Å²) in [6.45, 7) is 7.81. The van der Waals surface area contributed by atoms with Crippen LogP contribution in [0.5, 0.6) is 0 Å². The molecule has 4 heteroatoms. The lowest BCUT2D eigenvalue weighted by Gasteiger charge is -2.47. The van der Waals surface area contributed by atoms with Gasteiger partial charge >= 0.3 is 0 Å². The quantitative estimate of drug-likeness (QED) is 0.732. The van der Waals surface area contributed by atoms with E-state index in [0.29, 0.717) is 12.3 Å². The van der Waals surface area contributed by atoms with E-state index < -0.39 is 0 Å². The lowest BCUT2D eigenvalue weighted by Crippen LogP contribution is -2.58. The van der Waals surface area contributed by atoms with Crippen LogP contribution in [0, 0.1) is 0 Å². The monoisotopic (exact) mass is 306 g/mol. The zero-order valence-electron chi connectivity index (χ0n) is 14.0. The maximum absolute atomic E-state index is 12.8. The van der Waals surface area contributed by atoms with Crippen molar-refractivity contribution in [2.75, 3.05) is 33.3 Å². The van der Waals surface area contributed by atoms with E-state index in [1.807, 2.05) is 6.08 Å². The molecular formula is C18H30N2O2. The van der Waals surface area contributed by atoms with Gasteiger partial charge in [-0.05, 0) is 51.5 Å². The zero-order valence-corrected chi connectivity index (χ0v) is 14.0. The van der Waals surface area contributed by atoms with Crippen molar-refractivity contribution >= 4 is 5.91 Å². The molecule has 2 aliphatic heterocycles. The molecule has 0 radical (unpaired) electrons. The third kappa shape index (κ3) is 2.83. The SMILES string of the molecule is C=CCN1CCCC12CCCN(C(=O)CC1(OC)CCC1)C2. The second kappa shape index (κ2) is 6.32. The predicted molar refractivity (Wildman–Crippen MR) is 87.8 cm³/mol. The average Bonchev–Trinajstić information content (AvgIpc) is 2.85. The van der Waals surface area contributed by atoms with E-state index in [-0.39, 0.29) is 11.1 Å². The Hall–Kier alpha value is -0.870. The highest BCUT2D eigenvalue weighted by molar-refractivity contribution is 5.77. The van der Waals surface area contributed by atoms with Gasteiger partial charge in [0, 0.05) is 32.3 Å². The molecule has 0 N–H and O–H groups in total. The maximum atomic E-state index is 12.8. The van der Waals surface area contributed by atoms with Crippen LogP contribution in [-0.4, -0.2) is 60.1 Å². The van der Waals surface area contributed by atoms with Gasteiger partial charge in [-0.25, -0.2) is 0 Å². The van der Waals surface area contributed by atoms with Crippen LogP contribution in [0.2, 0.25) is 0 Å². The molecular weight excluding hydrogens is 276 g/mol. The summed E-state index contributed by atoms with van der Waals surface area (Å²) >= 11 is 0. The summed E-state index contributed by atoms with van der Waals surface area (Å²) in [5.74, 6) is 0.297. The van der Waals surface area contributed by atoms with Crippen LogP contribution in [0.4, 0.5) is 0 Å². The molecule has 1 amide bonds. The molecule has 0 aromatic carbocycles. The van der Waals surface area contributed by atoms with Crippen molar-refractivity contribution in [3.05, 3.63) is 12.7 Å². The minimum atomic E-state index is -0.155. The first-order valence-corrected chi connectivity index (χ1v) is 8.82. The van der Waals surface area contributed by atoms with E-state index in [9.17, 15) is 4.79 Å². The molecule has 1 unspecified atom stereocenters. The number of piperidine rings is 1. The molecule has 3 rings (SSSR count). The van der Waals surface area contributed by atoms with E-state index in [1.54, 1.807) is 7.11 Å². The highest BCUT2D eigenvalue weighted by atomic mass is 16.5. The summed E-state index contributed by atoms with van der Waals surface area (Å²) in [6, 6.07) is 0. The van der Waals surface area contributed by atoms with E-state index in [0.717, 1.165) is 45.4 Å². The molecule has 1 atom stereocenters. The highest BCUT2D eigenvalue weighted by Crippen LogP contribution is 2.40. The lowest BCUT2D eigenvalue weighted by atomic mass is 9.77. The largest absolute Gasteiger partial charge is 0.378 e. The number of amides is 1. The van der Waals surface area contributed by atoms with Crippen molar-refractivity contribution in [3.8, 4) is 0 Å². The molecule has 4 nitrogen and oxygen atoms in total. The first-order valence-electron chi connectivity index (χ1n) is 8.82. The van der Waals surface area contributed by atoms with Crippen molar-refractivity contribution in [2.45, 2.75) is 62.5 Å². The standard InChI is InChI=1S/C18H30N2O2/c1-3-11-20-13-6-8-17(20)7-5-12-19(15-17)16(21)14-18(22-2)9-4-10-18/h3H,1,4-15H2,2H3. The van der Waals surface area contributed by atoms with Gasteiger partial charge in [-0.2, -0.15) is 0 Å². The maximum Gasteiger partial charge on any atom is 0.225 e. The topological polar surface area (TPSA) is 32.8 Å². The highest BCUT2D eigenvalue weighted by Gasteiger charge is 2.46. The smallest absolute Gasteiger partial charge is 0.225 e. The first kappa shape index (κ1) is 16.0. The number of hydrogen-bond acceptors (Lipinski definition) is 3. The van der Waals surface area contributed by atoms with E-state index in [1.165, 1.54) is 25.7 Å². The Morgan fingerprint density at radius 1 is 1.18 bits per heavy atom. The summed E-state index contributed by atoms with van der Waals surface area (Å²) < 4.78 is 5.64. The Morgan fingerprint density at radius 3 is 2.50 bits per heavy atom. The Morgan fingerprint density at radius 2 is 1.91 bits per heavy atom. The second-order valence-electron chi connectivity index (χ2n) is 7.40. The molecule has 1 spiro atoms. The Bertz CT molecular complexity index is 427. The molecule has 1 aliphatic carbocycles. The number of hydrogen-bond donors (Lipinski definition) is 0. The van der Waals surface area contributed by atoms with Crippen LogP contribution >= 0.6 is 0 Å². The summed E-state index contributed by atoms with van der Waals surface area (Å²) in [6.07, 6.45) is 10.7. The van der Waals surface area contributed by atoms with Crippen molar-refractivity contribution < 1.29 is 9.53 Å². The fraction of sp³-hybridized carbons (Fsp3) is 0.833. The lowest BCUT2D eigenvalue weighted by molar-refractivity contribution is -0.147. The third-order valence-corrected chi connectivity index (χ3v) is 6.17. The summed E-state index contributed by atoms with van der Waals surface area (Å²) in [7, 11) is 1.76. The first-order chi connectivity index (χ1) is 10.6. The van der Waals surface area contributed by atoms with Crippen LogP contribution in [-0.2, 0) is 9.53 Å². The predicted octanol–water partition coefficient (Wildman–Crippen LogP) is 2.59. The molecule has 2 heterocycles. The summed E-state index contributed by atoms with van der Waals surface area (Å²) in [5, 5.41) is 0. The van der Waals surface area contributed by atoms with Crippen LogP contribution in [0.25, 0.3) is 0 Å². The molecule has 3 fully saturated rings. The summed E-state index contributed by atoms with van der Waals surface area (Å²) in [5.41, 5.74) is 0.0557. The number of nitrogens with zero attached hydrogens (tertiary/aromatic N) is 2. The molecule has 2 saturated heterocycles. The van der Waals surface area contributed by atoms with Gasteiger partial charge < -0.3 is 9.64 Å². The molecule has 0 aromatic heterocycles. The molecule has 22 heavy (non-hydrogen) atoms. The number of carbonyl (C=O) groups is 1. The van der Waals surface area contributed by atoms with Gasteiger partial charge in [-0.1, -0.05) is 6.08 Å². The van der Waals surface area contributed by atoms with Crippen molar-refractivity contribution in [1.29, 1.82) is 0 Å². The van der Waals surface area contributed by atoms with Crippen molar-refractivity contribution in [3.63, 3.8) is 0 Å². The van der Waals surface area contributed by atoms with Crippen LogP contribution in [0.1, 0.15) is 51.4 Å². The zero-order chi connectivity index (χ0) is 15.6. The normalized spacial score (nSPS) is 31.2. The van der Waals surface area contributed by atoms with Gasteiger partial charge in [0.25, 0.3) is 0 Å². The van der Waals surface area contributed by atoms with E-state index in [2.05, 4.69) is 16.4 Å². The number of rotatable bonds is 5. The fourth-order valence-electron chi connectivity index (χ4n) is 4.63. The van der Waals surface area contributed by atoms with Crippen LogP contribution < -0.4 is 0 Å². The Kier molecular flexibility index (Phi) is 4.60. The number of methoxy groups -OCH3 is 1. The van der Waals surface area contributed by atoms with Crippen molar-refractivity contribution in [2.24, 2.45) is 0 Å². The molecule has 3 aliphatic rings. The molecule has 0 bridgehead atoms. The van der Waals surface area contributed by atoms with Crippen LogP contribution in [0.3, 0.4) is 0 Å². The van der Waals surface area contributed by atoms with Gasteiger partial charge in [-0.3, -0.25) is 9.69 Å². The fourth-order valence-corrected chi connectivity index (χ4v) is 4.63. The second-order valence-corrected chi connectivity index (χ2v) is 7.40. The van der Waals surface area contributed by atoms with Gasteiger partial charge in [0.1, 0.15) is 0 Å². The van der Waals surface area contributed by atoms with Crippen LogP contribution in [0.15, 0.2) is 12.7 Å². The minimum Gasteiger partial charge on any atom is -0.378 e.